The fraction of sp³-hybridized carbons (Fsp3) is 0.184. The summed E-state index contributed by atoms with van der Waals surface area (Å²) in [7, 11) is 0. The van der Waals surface area contributed by atoms with Gasteiger partial charge in [0.1, 0.15) is 0 Å². The van der Waals surface area contributed by atoms with Crippen LogP contribution >= 0.6 is 0 Å². The number of rotatable bonds is 3. The van der Waals surface area contributed by atoms with Gasteiger partial charge in [-0.2, -0.15) is 0 Å². The van der Waals surface area contributed by atoms with E-state index < -0.39 is 5.41 Å². The maximum absolute atomic E-state index is 15.3. The Balaban J connectivity index is 1.65. The standard InChI is InChI=1S/C38H32O/c1-22-6-12-27(13-7-22)37(39)38(34-16-10-25(4)20-32(34)33-21-26(5)11-17-35(33)38)36-28-14-8-23(2)18-30(28)31-19-24(3)9-15-29(31)36/h6-21,36H,1-5H3. The van der Waals surface area contributed by atoms with Crippen molar-refractivity contribution in [2.24, 2.45) is 0 Å². The molecule has 190 valence electrons. The van der Waals surface area contributed by atoms with Crippen LogP contribution in [0.3, 0.4) is 0 Å². The molecule has 1 heteroatoms. The van der Waals surface area contributed by atoms with E-state index in [1.54, 1.807) is 0 Å². The van der Waals surface area contributed by atoms with Crippen molar-refractivity contribution in [2.45, 2.75) is 46.0 Å². The number of fused-ring (bicyclic) bond motifs is 6. The van der Waals surface area contributed by atoms with E-state index in [1.165, 1.54) is 55.6 Å². The second-order valence-electron chi connectivity index (χ2n) is 11.7. The molecule has 0 fully saturated rings. The predicted molar refractivity (Wildman–Crippen MR) is 161 cm³/mol. The van der Waals surface area contributed by atoms with Crippen LogP contribution in [0.1, 0.15) is 66.3 Å². The zero-order valence-corrected chi connectivity index (χ0v) is 23.2. The third-order valence-corrected chi connectivity index (χ3v) is 8.92. The van der Waals surface area contributed by atoms with Gasteiger partial charge in [-0.1, -0.05) is 125 Å². The summed E-state index contributed by atoms with van der Waals surface area (Å²) in [6.45, 7) is 10.7. The van der Waals surface area contributed by atoms with E-state index in [1.807, 2.05) is 12.1 Å². The normalized spacial score (nSPS) is 14.5. The van der Waals surface area contributed by atoms with Crippen LogP contribution in [0.5, 0.6) is 0 Å². The summed E-state index contributed by atoms with van der Waals surface area (Å²) in [6.07, 6.45) is 0. The minimum absolute atomic E-state index is 0.136. The van der Waals surface area contributed by atoms with Gasteiger partial charge in [-0.25, -0.2) is 0 Å². The molecule has 39 heavy (non-hydrogen) atoms. The molecule has 0 amide bonds. The molecule has 0 bridgehead atoms. The maximum atomic E-state index is 15.3. The van der Waals surface area contributed by atoms with Crippen LogP contribution in [0, 0.1) is 34.6 Å². The lowest BCUT2D eigenvalue weighted by molar-refractivity contribution is 0.0903. The number of carbonyl (C=O) groups excluding carboxylic acids is 1. The highest BCUT2D eigenvalue weighted by molar-refractivity contribution is 6.13. The Labute approximate surface area is 231 Å². The number of hydrogen-bond donors (Lipinski definition) is 0. The van der Waals surface area contributed by atoms with Gasteiger partial charge in [0.15, 0.2) is 5.78 Å². The van der Waals surface area contributed by atoms with E-state index in [9.17, 15) is 0 Å². The van der Waals surface area contributed by atoms with Crippen molar-refractivity contribution in [2.75, 3.05) is 0 Å². The van der Waals surface area contributed by atoms with Crippen LogP contribution in [0.4, 0.5) is 0 Å². The average Bonchev–Trinajstić information content (AvgIpc) is 3.38. The van der Waals surface area contributed by atoms with Gasteiger partial charge in [-0.3, -0.25) is 4.79 Å². The lowest BCUT2D eigenvalue weighted by atomic mass is 9.61. The first kappa shape index (κ1) is 23.9. The van der Waals surface area contributed by atoms with E-state index in [2.05, 4.69) is 120 Å². The second kappa shape index (κ2) is 8.38. The zero-order valence-electron chi connectivity index (χ0n) is 23.2. The van der Waals surface area contributed by atoms with Crippen molar-refractivity contribution in [1.29, 1.82) is 0 Å². The second-order valence-corrected chi connectivity index (χ2v) is 11.7. The zero-order chi connectivity index (χ0) is 27.1. The molecule has 0 atom stereocenters. The van der Waals surface area contributed by atoms with Crippen LogP contribution in [0.2, 0.25) is 0 Å². The summed E-state index contributed by atoms with van der Waals surface area (Å²) in [5, 5.41) is 0. The predicted octanol–water partition coefficient (Wildman–Crippen LogP) is 9.19. The number of carbonyl (C=O) groups is 1. The first-order valence-electron chi connectivity index (χ1n) is 13.8. The summed E-state index contributed by atoms with van der Waals surface area (Å²) < 4.78 is 0. The number of Topliss-reactive ketones (excluding diaryl/α,β-unsaturated/α-hetero) is 1. The molecule has 5 aromatic carbocycles. The minimum Gasteiger partial charge on any atom is -0.293 e. The molecule has 0 saturated carbocycles. The van der Waals surface area contributed by atoms with Crippen LogP contribution in [0.25, 0.3) is 22.3 Å². The lowest BCUT2D eigenvalue weighted by Crippen LogP contribution is -2.41. The summed E-state index contributed by atoms with van der Waals surface area (Å²) in [4.78, 5) is 15.3. The minimum atomic E-state index is -0.883. The molecule has 0 spiro atoms. The van der Waals surface area contributed by atoms with Gasteiger partial charge >= 0.3 is 0 Å². The molecule has 5 aromatic rings. The molecule has 7 rings (SSSR count). The highest BCUT2D eigenvalue weighted by Crippen LogP contribution is 2.63. The third kappa shape index (κ3) is 3.29. The summed E-state index contributed by atoms with van der Waals surface area (Å²) in [6, 6.07) is 35.1. The average molecular weight is 505 g/mol. The molecule has 0 heterocycles. The van der Waals surface area contributed by atoms with Gasteiger partial charge in [0, 0.05) is 11.5 Å². The highest BCUT2D eigenvalue weighted by Gasteiger charge is 2.57. The molecule has 1 nitrogen and oxygen atoms in total. The molecule has 0 unspecified atom stereocenters. The SMILES string of the molecule is Cc1ccc(C(=O)C2(C3c4ccc(C)cc4-c4cc(C)ccc43)c3ccc(C)cc3-c3cc(C)ccc32)cc1. The molecule has 0 N–H and O–H groups in total. The number of hydrogen-bond acceptors (Lipinski definition) is 1. The van der Waals surface area contributed by atoms with Crippen molar-refractivity contribution < 1.29 is 4.79 Å². The summed E-state index contributed by atoms with van der Waals surface area (Å²) in [5.74, 6) is 0.0306. The number of ketones is 1. The number of aryl methyl sites for hydroxylation is 5. The molecular weight excluding hydrogens is 472 g/mol. The Kier molecular flexibility index (Phi) is 5.13. The topological polar surface area (TPSA) is 17.1 Å². The Morgan fingerprint density at radius 2 is 0.872 bits per heavy atom. The summed E-state index contributed by atoms with van der Waals surface area (Å²) >= 11 is 0. The van der Waals surface area contributed by atoms with Gasteiger partial charge in [0.25, 0.3) is 0 Å². The Hall–Kier alpha value is -4.23. The molecule has 2 aliphatic carbocycles. The Morgan fingerprint density at radius 1 is 0.487 bits per heavy atom. The first-order valence-corrected chi connectivity index (χ1v) is 13.8. The molecule has 0 aromatic heterocycles. The smallest absolute Gasteiger partial charge is 0.178 e. The van der Waals surface area contributed by atoms with Crippen molar-refractivity contribution in [3.05, 3.63) is 153 Å². The van der Waals surface area contributed by atoms with E-state index in [4.69, 9.17) is 0 Å². The fourth-order valence-corrected chi connectivity index (χ4v) is 7.16. The van der Waals surface area contributed by atoms with Crippen LogP contribution in [0.15, 0.2) is 97.1 Å². The fourth-order valence-electron chi connectivity index (χ4n) is 7.16. The van der Waals surface area contributed by atoms with Gasteiger partial charge in [0.05, 0.1) is 5.41 Å². The quantitative estimate of drug-likeness (QED) is 0.224. The van der Waals surface area contributed by atoms with Crippen LogP contribution in [-0.4, -0.2) is 5.78 Å². The van der Waals surface area contributed by atoms with Gasteiger partial charge < -0.3 is 0 Å². The van der Waals surface area contributed by atoms with E-state index in [0.717, 1.165) is 22.3 Å². The first-order chi connectivity index (χ1) is 18.8. The monoisotopic (exact) mass is 504 g/mol. The van der Waals surface area contributed by atoms with Crippen molar-refractivity contribution in [3.8, 4) is 22.3 Å². The Morgan fingerprint density at radius 3 is 1.33 bits per heavy atom. The van der Waals surface area contributed by atoms with Gasteiger partial charge in [-0.05, 0) is 79.1 Å². The van der Waals surface area contributed by atoms with Crippen LogP contribution in [-0.2, 0) is 5.41 Å². The van der Waals surface area contributed by atoms with E-state index >= 15 is 4.79 Å². The van der Waals surface area contributed by atoms with Crippen molar-refractivity contribution in [3.63, 3.8) is 0 Å². The maximum Gasteiger partial charge on any atom is 0.178 e. The largest absolute Gasteiger partial charge is 0.293 e. The number of benzene rings is 5. The van der Waals surface area contributed by atoms with Crippen molar-refractivity contribution >= 4 is 5.78 Å². The molecule has 0 aliphatic heterocycles. The molecule has 0 radical (unpaired) electrons. The molecular formula is C38H32O. The summed E-state index contributed by atoms with van der Waals surface area (Å²) in [5.41, 5.74) is 15.5. The van der Waals surface area contributed by atoms with E-state index in [0.29, 0.717) is 0 Å². The lowest BCUT2D eigenvalue weighted by Gasteiger charge is -2.38. The molecule has 0 saturated heterocycles. The Bertz CT molecular complexity index is 1720. The van der Waals surface area contributed by atoms with Crippen molar-refractivity contribution in [1.82, 2.24) is 0 Å². The van der Waals surface area contributed by atoms with Gasteiger partial charge in [-0.15, -0.1) is 0 Å². The van der Waals surface area contributed by atoms with E-state index in [-0.39, 0.29) is 11.7 Å². The highest BCUT2D eigenvalue weighted by atomic mass is 16.1. The molecule has 2 aliphatic rings. The van der Waals surface area contributed by atoms with Gasteiger partial charge in [0.2, 0.25) is 0 Å². The third-order valence-electron chi connectivity index (χ3n) is 8.92. The van der Waals surface area contributed by atoms with Crippen LogP contribution < -0.4 is 0 Å².